The van der Waals surface area contributed by atoms with Gasteiger partial charge in [0.25, 0.3) is 0 Å². The van der Waals surface area contributed by atoms with Crippen LogP contribution in [0.2, 0.25) is 0 Å². The van der Waals surface area contributed by atoms with Gasteiger partial charge in [0.2, 0.25) is 0 Å². The Morgan fingerprint density at radius 1 is 1.32 bits per heavy atom. The van der Waals surface area contributed by atoms with Gasteiger partial charge in [-0.2, -0.15) is 0 Å². The molecule has 1 aliphatic rings. The van der Waals surface area contributed by atoms with Crippen molar-refractivity contribution in [2.24, 2.45) is 0 Å². The van der Waals surface area contributed by atoms with E-state index < -0.39 is 0 Å². The quantitative estimate of drug-likeness (QED) is 0.931. The summed E-state index contributed by atoms with van der Waals surface area (Å²) in [5, 5.41) is 4.56. The normalized spacial score (nSPS) is 17.2. The molecular formula is C15H20N2OS. The minimum atomic E-state index is 0.358. The van der Waals surface area contributed by atoms with Crippen molar-refractivity contribution < 1.29 is 4.74 Å². The molecule has 0 radical (unpaired) electrons. The number of aromatic nitrogens is 1. The van der Waals surface area contributed by atoms with Gasteiger partial charge in [0, 0.05) is 5.92 Å². The monoisotopic (exact) mass is 276 g/mol. The van der Waals surface area contributed by atoms with Crippen molar-refractivity contribution in [3.05, 3.63) is 23.2 Å². The first kappa shape index (κ1) is 12.9. The molecule has 1 saturated heterocycles. The highest BCUT2D eigenvalue weighted by atomic mass is 32.1. The van der Waals surface area contributed by atoms with Gasteiger partial charge >= 0.3 is 0 Å². The highest BCUT2D eigenvalue weighted by molar-refractivity contribution is 7.18. The molecule has 0 amide bonds. The molecule has 0 aliphatic carbocycles. The fraction of sp³-hybridized carbons (Fsp3) is 0.533. The number of ether oxygens (including phenoxy) is 1. The predicted octanol–water partition coefficient (Wildman–Crippen LogP) is 3.55. The van der Waals surface area contributed by atoms with E-state index in [0.717, 1.165) is 37.2 Å². The van der Waals surface area contributed by atoms with Crippen molar-refractivity contribution in [2.45, 2.75) is 38.7 Å². The number of rotatable bonds is 3. The Kier molecular flexibility index (Phi) is 3.71. The maximum Gasteiger partial charge on any atom is 0.121 e. The van der Waals surface area contributed by atoms with Crippen LogP contribution in [0.5, 0.6) is 5.75 Å². The van der Waals surface area contributed by atoms with E-state index in [1.54, 1.807) is 11.3 Å². The summed E-state index contributed by atoms with van der Waals surface area (Å²) in [5.41, 5.74) is 1.09. The maximum absolute atomic E-state index is 6.07. The Morgan fingerprint density at radius 2 is 2.11 bits per heavy atom. The SMILES string of the molecule is CC(C)c1nc2ccc(OC3CCNCC3)cc2s1. The molecule has 0 atom stereocenters. The van der Waals surface area contributed by atoms with Gasteiger partial charge in [-0.1, -0.05) is 13.8 Å². The van der Waals surface area contributed by atoms with Crippen LogP contribution in [0.1, 0.15) is 37.6 Å². The van der Waals surface area contributed by atoms with Crippen molar-refractivity contribution in [3.63, 3.8) is 0 Å². The summed E-state index contributed by atoms with van der Waals surface area (Å²) < 4.78 is 7.30. The molecular weight excluding hydrogens is 256 g/mol. The third kappa shape index (κ3) is 2.90. The first-order valence-corrected chi connectivity index (χ1v) is 7.82. The van der Waals surface area contributed by atoms with Crippen molar-refractivity contribution in [1.29, 1.82) is 0 Å². The molecule has 3 rings (SSSR count). The number of fused-ring (bicyclic) bond motifs is 1. The lowest BCUT2D eigenvalue weighted by molar-refractivity contribution is 0.162. The molecule has 0 spiro atoms. The highest BCUT2D eigenvalue weighted by Crippen LogP contribution is 2.30. The summed E-state index contributed by atoms with van der Waals surface area (Å²) in [6.07, 6.45) is 2.55. The molecule has 102 valence electrons. The molecule has 0 unspecified atom stereocenters. The Balaban J connectivity index is 1.80. The molecule has 1 aliphatic heterocycles. The molecule has 2 heterocycles. The molecule has 1 aromatic carbocycles. The minimum absolute atomic E-state index is 0.358. The fourth-order valence-electron chi connectivity index (χ4n) is 2.35. The summed E-state index contributed by atoms with van der Waals surface area (Å²) in [4.78, 5) is 4.65. The molecule has 0 saturated carbocycles. The molecule has 1 N–H and O–H groups in total. The van der Waals surface area contributed by atoms with E-state index in [9.17, 15) is 0 Å². The molecule has 2 aromatic rings. The standard InChI is InChI=1S/C15H20N2OS/c1-10(2)15-17-13-4-3-12(9-14(13)19-15)18-11-5-7-16-8-6-11/h3-4,9-11,16H,5-8H2,1-2H3. The Morgan fingerprint density at radius 3 is 2.84 bits per heavy atom. The first-order chi connectivity index (χ1) is 9.22. The number of piperidine rings is 1. The minimum Gasteiger partial charge on any atom is -0.490 e. The smallest absolute Gasteiger partial charge is 0.121 e. The topological polar surface area (TPSA) is 34.1 Å². The lowest BCUT2D eigenvalue weighted by atomic mass is 10.1. The van der Waals surface area contributed by atoms with E-state index in [-0.39, 0.29) is 0 Å². The third-order valence-corrected chi connectivity index (χ3v) is 4.78. The highest BCUT2D eigenvalue weighted by Gasteiger charge is 2.15. The van der Waals surface area contributed by atoms with Crippen molar-refractivity contribution in [2.75, 3.05) is 13.1 Å². The van der Waals surface area contributed by atoms with Crippen LogP contribution in [0, 0.1) is 0 Å². The van der Waals surface area contributed by atoms with E-state index >= 15 is 0 Å². The largest absolute Gasteiger partial charge is 0.490 e. The number of benzene rings is 1. The molecule has 1 fully saturated rings. The molecule has 1 aromatic heterocycles. The molecule has 0 bridgehead atoms. The number of nitrogens with zero attached hydrogens (tertiary/aromatic N) is 1. The van der Waals surface area contributed by atoms with Gasteiger partial charge in [-0.3, -0.25) is 0 Å². The lowest BCUT2D eigenvalue weighted by Gasteiger charge is -2.23. The van der Waals surface area contributed by atoms with Gasteiger partial charge in [-0.05, 0) is 44.1 Å². The third-order valence-electron chi connectivity index (χ3n) is 3.46. The summed E-state index contributed by atoms with van der Waals surface area (Å²) in [5.74, 6) is 1.48. The number of hydrogen-bond acceptors (Lipinski definition) is 4. The van der Waals surface area contributed by atoms with Gasteiger partial charge in [0.1, 0.15) is 11.9 Å². The van der Waals surface area contributed by atoms with Gasteiger partial charge in [0.15, 0.2) is 0 Å². The summed E-state index contributed by atoms with van der Waals surface area (Å²) >= 11 is 1.78. The van der Waals surface area contributed by atoms with E-state index in [4.69, 9.17) is 4.74 Å². The average molecular weight is 276 g/mol. The van der Waals surface area contributed by atoms with E-state index in [1.807, 2.05) is 6.07 Å². The average Bonchev–Trinajstić information content (AvgIpc) is 2.83. The molecule has 4 heteroatoms. The second kappa shape index (κ2) is 5.47. The molecule has 19 heavy (non-hydrogen) atoms. The number of thiazole rings is 1. The van der Waals surface area contributed by atoms with E-state index in [2.05, 4.69) is 36.3 Å². The molecule has 3 nitrogen and oxygen atoms in total. The van der Waals surface area contributed by atoms with Crippen LogP contribution in [0.25, 0.3) is 10.2 Å². The Hall–Kier alpha value is -1.13. The van der Waals surface area contributed by atoms with E-state index in [1.165, 1.54) is 9.71 Å². The van der Waals surface area contributed by atoms with Crippen LogP contribution in [-0.4, -0.2) is 24.2 Å². The predicted molar refractivity (Wildman–Crippen MR) is 80.2 cm³/mol. The van der Waals surface area contributed by atoms with Crippen molar-refractivity contribution in [3.8, 4) is 5.75 Å². The Labute approximate surface area is 118 Å². The lowest BCUT2D eigenvalue weighted by Crippen LogP contribution is -2.34. The van der Waals surface area contributed by atoms with Crippen molar-refractivity contribution in [1.82, 2.24) is 10.3 Å². The van der Waals surface area contributed by atoms with Crippen LogP contribution in [0.4, 0.5) is 0 Å². The van der Waals surface area contributed by atoms with Crippen molar-refractivity contribution >= 4 is 21.6 Å². The van der Waals surface area contributed by atoms with Gasteiger partial charge in [-0.25, -0.2) is 4.98 Å². The second-order valence-corrected chi connectivity index (χ2v) is 6.47. The van der Waals surface area contributed by atoms with Gasteiger partial charge in [0.05, 0.1) is 15.2 Å². The van der Waals surface area contributed by atoms with Crippen LogP contribution < -0.4 is 10.1 Å². The zero-order valence-corrected chi connectivity index (χ0v) is 12.3. The van der Waals surface area contributed by atoms with Crippen LogP contribution >= 0.6 is 11.3 Å². The van der Waals surface area contributed by atoms with Crippen LogP contribution in [-0.2, 0) is 0 Å². The van der Waals surface area contributed by atoms with Crippen LogP contribution in [0.15, 0.2) is 18.2 Å². The fourth-order valence-corrected chi connectivity index (χ4v) is 3.35. The number of nitrogens with one attached hydrogen (secondary N) is 1. The van der Waals surface area contributed by atoms with Gasteiger partial charge < -0.3 is 10.1 Å². The zero-order chi connectivity index (χ0) is 13.2. The number of hydrogen-bond donors (Lipinski definition) is 1. The Bertz CT molecular complexity index is 558. The maximum atomic E-state index is 6.07. The summed E-state index contributed by atoms with van der Waals surface area (Å²) in [6.45, 7) is 6.49. The van der Waals surface area contributed by atoms with Gasteiger partial charge in [-0.15, -0.1) is 11.3 Å². The second-order valence-electron chi connectivity index (χ2n) is 5.40. The van der Waals surface area contributed by atoms with E-state index in [0.29, 0.717) is 12.0 Å². The first-order valence-electron chi connectivity index (χ1n) is 7.00. The zero-order valence-electron chi connectivity index (χ0n) is 11.5. The summed E-state index contributed by atoms with van der Waals surface area (Å²) in [7, 11) is 0. The van der Waals surface area contributed by atoms with Crippen LogP contribution in [0.3, 0.4) is 0 Å². The summed E-state index contributed by atoms with van der Waals surface area (Å²) in [6, 6.07) is 6.27.